The van der Waals surface area contributed by atoms with Crippen molar-refractivity contribution in [3.05, 3.63) is 0 Å². The molecule has 0 aliphatic rings. The third kappa shape index (κ3) is 9.52. The molecule has 70 valence electrons. The minimum Gasteiger partial charge on any atom is -0.396 e. The monoisotopic (exact) mass is 168 g/mol. The van der Waals surface area contributed by atoms with Gasteiger partial charge in [0.25, 0.3) is 0 Å². The van der Waals surface area contributed by atoms with Crippen LogP contribution < -0.4 is 0 Å². The van der Waals surface area contributed by atoms with Crippen molar-refractivity contribution in [2.45, 2.75) is 51.9 Å². The van der Waals surface area contributed by atoms with Crippen molar-refractivity contribution in [3.8, 4) is 11.8 Å². The second-order valence-corrected chi connectivity index (χ2v) is 2.95. The smallest absolute Gasteiger partial charge is 0.0431 e. The molecule has 0 aliphatic carbocycles. The lowest BCUT2D eigenvalue weighted by molar-refractivity contribution is 0.282. The first-order valence-electron chi connectivity index (χ1n) is 4.98. The highest BCUT2D eigenvalue weighted by atomic mass is 16.2. The molecule has 1 nitrogen and oxygen atoms in total. The molecule has 0 unspecified atom stereocenters. The van der Waals surface area contributed by atoms with Crippen molar-refractivity contribution in [1.29, 1.82) is 0 Å². The number of unbranched alkanes of at least 4 members (excludes halogenated alkanes) is 5. The van der Waals surface area contributed by atoms with Crippen molar-refractivity contribution in [1.82, 2.24) is 0 Å². The summed E-state index contributed by atoms with van der Waals surface area (Å²) in [4.78, 5) is 0. The van der Waals surface area contributed by atoms with E-state index in [1.165, 1.54) is 19.3 Å². The molecule has 0 radical (unpaired) electrons. The number of hydrogen-bond acceptors (Lipinski definition) is 1. The fraction of sp³-hybridized carbons (Fsp3) is 0.818. The van der Waals surface area contributed by atoms with Gasteiger partial charge in [-0.1, -0.05) is 26.2 Å². The molecule has 0 aliphatic heterocycles. The largest absolute Gasteiger partial charge is 0.396 e. The van der Waals surface area contributed by atoms with Gasteiger partial charge in [0.2, 0.25) is 0 Å². The highest BCUT2D eigenvalue weighted by Gasteiger charge is 1.87. The predicted octanol–water partition coefficient (Wildman–Crippen LogP) is 2.73. The molecule has 0 aromatic rings. The van der Waals surface area contributed by atoms with Crippen LogP contribution in [0.2, 0.25) is 0 Å². The summed E-state index contributed by atoms with van der Waals surface area (Å²) >= 11 is 0. The summed E-state index contributed by atoms with van der Waals surface area (Å²) in [7, 11) is 0. The maximum Gasteiger partial charge on any atom is 0.0431 e. The Bertz CT molecular complexity index is 130. The topological polar surface area (TPSA) is 20.2 Å². The molecule has 1 heteroatoms. The Hall–Kier alpha value is -0.480. The van der Waals surface area contributed by atoms with Gasteiger partial charge in [0.15, 0.2) is 0 Å². The Morgan fingerprint density at radius 1 is 0.917 bits per heavy atom. The predicted molar refractivity (Wildman–Crippen MR) is 52.9 cm³/mol. The van der Waals surface area contributed by atoms with Gasteiger partial charge in [0, 0.05) is 19.4 Å². The van der Waals surface area contributed by atoms with Crippen LogP contribution in [0, 0.1) is 11.8 Å². The molecule has 0 heterocycles. The molecule has 12 heavy (non-hydrogen) atoms. The van der Waals surface area contributed by atoms with E-state index in [9.17, 15) is 0 Å². The van der Waals surface area contributed by atoms with Gasteiger partial charge in [-0.05, 0) is 12.8 Å². The first-order valence-corrected chi connectivity index (χ1v) is 4.98. The Kier molecular flexibility index (Phi) is 10.1. The second-order valence-electron chi connectivity index (χ2n) is 2.95. The van der Waals surface area contributed by atoms with Crippen LogP contribution in [0.15, 0.2) is 0 Å². The zero-order chi connectivity index (χ0) is 9.07. The van der Waals surface area contributed by atoms with Crippen LogP contribution in [0.3, 0.4) is 0 Å². The first-order chi connectivity index (χ1) is 5.91. The zero-order valence-electron chi connectivity index (χ0n) is 8.10. The van der Waals surface area contributed by atoms with Crippen LogP contribution in [-0.2, 0) is 0 Å². The summed E-state index contributed by atoms with van der Waals surface area (Å²) in [5.74, 6) is 6.19. The van der Waals surface area contributed by atoms with Gasteiger partial charge in [-0.15, -0.1) is 11.8 Å². The van der Waals surface area contributed by atoms with E-state index in [-0.39, 0.29) is 0 Å². The molecule has 0 amide bonds. The van der Waals surface area contributed by atoms with Crippen molar-refractivity contribution in [2.24, 2.45) is 0 Å². The zero-order valence-corrected chi connectivity index (χ0v) is 8.10. The van der Waals surface area contributed by atoms with Gasteiger partial charge in [0.05, 0.1) is 0 Å². The number of rotatable bonds is 6. The summed E-state index contributed by atoms with van der Waals surface area (Å²) in [5.41, 5.74) is 0. The van der Waals surface area contributed by atoms with Crippen LogP contribution >= 0.6 is 0 Å². The lowest BCUT2D eigenvalue weighted by atomic mass is 10.1. The van der Waals surface area contributed by atoms with Crippen LogP contribution in [0.25, 0.3) is 0 Å². The SMILES string of the molecule is CCC#CCCCCCCCO. The lowest BCUT2D eigenvalue weighted by Gasteiger charge is -1.95. The summed E-state index contributed by atoms with van der Waals surface area (Å²) in [6.45, 7) is 2.42. The molecular weight excluding hydrogens is 148 g/mol. The third-order valence-corrected chi connectivity index (χ3v) is 1.76. The molecule has 0 aromatic heterocycles. The van der Waals surface area contributed by atoms with E-state index in [1.807, 2.05) is 0 Å². The maximum absolute atomic E-state index is 8.52. The Labute approximate surface area is 76.2 Å². The Morgan fingerprint density at radius 2 is 1.58 bits per heavy atom. The number of aliphatic hydroxyl groups excluding tert-OH is 1. The van der Waals surface area contributed by atoms with Crippen LogP contribution in [0.1, 0.15) is 51.9 Å². The molecule has 0 atom stereocenters. The van der Waals surface area contributed by atoms with Gasteiger partial charge < -0.3 is 5.11 Å². The molecular formula is C11H20O. The van der Waals surface area contributed by atoms with Crippen molar-refractivity contribution >= 4 is 0 Å². The molecule has 0 fully saturated rings. The van der Waals surface area contributed by atoms with Gasteiger partial charge in [-0.25, -0.2) is 0 Å². The maximum atomic E-state index is 8.52. The molecule has 0 rings (SSSR count). The molecule has 0 aromatic carbocycles. The number of aliphatic hydroxyl groups is 1. The normalized spacial score (nSPS) is 9.17. The van der Waals surface area contributed by atoms with Gasteiger partial charge in [0.1, 0.15) is 0 Å². The molecule has 0 bridgehead atoms. The molecule has 1 N–H and O–H groups in total. The van der Waals surface area contributed by atoms with Crippen molar-refractivity contribution in [2.75, 3.05) is 6.61 Å². The lowest BCUT2D eigenvalue weighted by Crippen LogP contribution is -1.83. The van der Waals surface area contributed by atoms with Crippen LogP contribution in [0.4, 0.5) is 0 Å². The van der Waals surface area contributed by atoms with E-state index < -0.39 is 0 Å². The van der Waals surface area contributed by atoms with E-state index in [0.29, 0.717) is 6.61 Å². The summed E-state index contributed by atoms with van der Waals surface area (Å²) in [6, 6.07) is 0. The highest BCUT2D eigenvalue weighted by molar-refractivity contribution is 4.97. The summed E-state index contributed by atoms with van der Waals surface area (Å²) in [5, 5.41) is 8.52. The van der Waals surface area contributed by atoms with E-state index >= 15 is 0 Å². The summed E-state index contributed by atoms with van der Waals surface area (Å²) < 4.78 is 0. The standard InChI is InChI=1S/C11H20O/c1-2-3-4-5-6-7-8-9-10-11-12/h12H,2,5-11H2,1H3. The average molecular weight is 168 g/mol. The fourth-order valence-corrected chi connectivity index (χ4v) is 1.07. The van der Waals surface area contributed by atoms with Crippen LogP contribution in [-0.4, -0.2) is 11.7 Å². The van der Waals surface area contributed by atoms with Crippen LogP contribution in [0.5, 0.6) is 0 Å². The van der Waals surface area contributed by atoms with Crippen molar-refractivity contribution < 1.29 is 5.11 Å². The average Bonchev–Trinajstić information content (AvgIpc) is 2.10. The Morgan fingerprint density at radius 3 is 2.25 bits per heavy atom. The minimum atomic E-state index is 0.343. The molecule has 0 saturated carbocycles. The quantitative estimate of drug-likeness (QED) is 0.477. The fourth-order valence-electron chi connectivity index (χ4n) is 1.07. The van der Waals surface area contributed by atoms with Gasteiger partial charge in [-0.2, -0.15) is 0 Å². The Balaban J connectivity index is 2.91. The third-order valence-electron chi connectivity index (χ3n) is 1.76. The highest BCUT2D eigenvalue weighted by Crippen LogP contribution is 2.03. The number of hydrogen-bond donors (Lipinski definition) is 1. The molecule has 0 spiro atoms. The minimum absolute atomic E-state index is 0.343. The van der Waals surface area contributed by atoms with Gasteiger partial charge >= 0.3 is 0 Å². The van der Waals surface area contributed by atoms with E-state index in [4.69, 9.17) is 5.11 Å². The van der Waals surface area contributed by atoms with Crippen molar-refractivity contribution in [3.63, 3.8) is 0 Å². The molecule has 0 saturated heterocycles. The van der Waals surface area contributed by atoms with E-state index in [0.717, 1.165) is 25.7 Å². The second kappa shape index (κ2) is 10.5. The van der Waals surface area contributed by atoms with E-state index in [2.05, 4.69) is 18.8 Å². The first kappa shape index (κ1) is 11.5. The van der Waals surface area contributed by atoms with Gasteiger partial charge in [-0.3, -0.25) is 0 Å². The van der Waals surface area contributed by atoms with E-state index in [1.54, 1.807) is 0 Å². The summed E-state index contributed by atoms with van der Waals surface area (Å²) in [6.07, 6.45) is 7.88.